The van der Waals surface area contributed by atoms with Crippen molar-refractivity contribution in [1.82, 2.24) is 4.98 Å². The number of rotatable bonds is 7. The highest BCUT2D eigenvalue weighted by atomic mass is 32.1. The summed E-state index contributed by atoms with van der Waals surface area (Å²) in [6.45, 7) is -0.254. The van der Waals surface area contributed by atoms with E-state index in [0.29, 0.717) is 27.7 Å². The number of nitrogens with one attached hydrogen (secondary N) is 1. The van der Waals surface area contributed by atoms with E-state index in [1.54, 1.807) is 29.6 Å². The predicted molar refractivity (Wildman–Crippen MR) is 106 cm³/mol. The first-order valence-corrected chi connectivity index (χ1v) is 9.28. The molecule has 0 bridgehead atoms. The summed E-state index contributed by atoms with van der Waals surface area (Å²) < 4.78 is 28.6. The Labute approximate surface area is 170 Å². The zero-order chi connectivity index (χ0) is 20.8. The Morgan fingerprint density at radius 1 is 1.17 bits per heavy atom. The third kappa shape index (κ3) is 5.08. The van der Waals surface area contributed by atoms with Crippen LogP contribution in [0.1, 0.15) is 10.4 Å². The first-order chi connectivity index (χ1) is 14.0. The summed E-state index contributed by atoms with van der Waals surface area (Å²) in [6, 6.07) is 10.9. The minimum Gasteiger partial charge on any atom is -0.494 e. The second-order valence-electron chi connectivity index (χ2n) is 5.73. The maximum absolute atomic E-state index is 13.9. The minimum atomic E-state index is -0.523. The lowest BCUT2D eigenvalue weighted by Gasteiger charge is -2.07. The van der Waals surface area contributed by atoms with Gasteiger partial charge in [0.1, 0.15) is 5.75 Å². The van der Waals surface area contributed by atoms with Crippen molar-refractivity contribution in [3.8, 4) is 22.8 Å². The Hall–Kier alpha value is -3.46. The number of carbonyl (C=O) groups excluding carboxylic acids is 2. The van der Waals surface area contributed by atoms with Gasteiger partial charge in [-0.2, -0.15) is 0 Å². The van der Waals surface area contributed by atoms with Gasteiger partial charge < -0.3 is 14.2 Å². The van der Waals surface area contributed by atoms with Crippen LogP contribution in [0.4, 0.5) is 9.52 Å². The molecule has 0 saturated carbocycles. The summed E-state index contributed by atoms with van der Waals surface area (Å²) in [5.41, 5.74) is 1.43. The quantitative estimate of drug-likeness (QED) is 0.590. The Kier molecular flexibility index (Phi) is 6.40. The Morgan fingerprint density at radius 2 is 2.00 bits per heavy atom. The van der Waals surface area contributed by atoms with E-state index in [4.69, 9.17) is 9.47 Å². The van der Waals surface area contributed by atoms with Gasteiger partial charge in [-0.25, -0.2) is 14.2 Å². The third-order valence-electron chi connectivity index (χ3n) is 3.85. The zero-order valence-corrected chi connectivity index (χ0v) is 16.4. The number of amides is 1. The molecule has 150 valence electrons. The lowest BCUT2D eigenvalue weighted by atomic mass is 10.1. The molecule has 1 heterocycles. The fraction of sp³-hybridized carbons (Fsp3) is 0.150. The normalized spacial score (nSPS) is 10.3. The van der Waals surface area contributed by atoms with Gasteiger partial charge in [0.25, 0.3) is 5.91 Å². The highest BCUT2D eigenvalue weighted by molar-refractivity contribution is 7.14. The number of esters is 1. The molecule has 0 saturated heterocycles. The van der Waals surface area contributed by atoms with Gasteiger partial charge in [-0.05, 0) is 36.4 Å². The van der Waals surface area contributed by atoms with Crippen molar-refractivity contribution in [2.24, 2.45) is 0 Å². The Bertz CT molecular complexity index is 1040. The molecule has 0 fully saturated rings. The molecular formula is C20H17FN2O5S. The zero-order valence-electron chi connectivity index (χ0n) is 15.6. The molecule has 0 aliphatic rings. The van der Waals surface area contributed by atoms with E-state index in [9.17, 15) is 14.0 Å². The van der Waals surface area contributed by atoms with E-state index in [1.807, 2.05) is 0 Å². The van der Waals surface area contributed by atoms with Crippen molar-refractivity contribution in [3.05, 3.63) is 59.2 Å². The number of benzene rings is 2. The topological polar surface area (TPSA) is 86.8 Å². The maximum atomic E-state index is 13.9. The van der Waals surface area contributed by atoms with Gasteiger partial charge in [0.15, 0.2) is 23.3 Å². The van der Waals surface area contributed by atoms with E-state index in [-0.39, 0.29) is 12.4 Å². The van der Waals surface area contributed by atoms with Gasteiger partial charge in [-0.15, -0.1) is 11.3 Å². The van der Waals surface area contributed by atoms with Crippen molar-refractivity contribution in [3.63, 3.8) is 0 Å². The van der Waals surface area contributed by atoms with Gasteiger partial charge in [-0.1, -0.05) is 6.07 Å². The number of anilines is 1. The molecule has 29 heavy (non-hydrogen) atoms. The molecule has 0 radical (unpaired) electrons. The van der Waals surface area contributed by atoms with E-state index >= 15 is 0 Å². The fourth-order valence-electron chi connectivity index (χ4n) is 2.39. The fourth-order valence-corrected chi connectivity index (χ4v) is 3.10. The molecule has 0 aliphatic heterocycles. The summed E-state index contributed by atoms with van der Waals surface area (Å²) in [5.74, 6) is -0.906. The van der Waals surface area contributed by atoms with Crippen LogP contribution in [0.25, 0.3) is 11.3 Å². The average molecular weight is 416 g/mol. The number of thiazole rings is 1. The van der Waals surface area contributed by atoms with Crippen LogP contribution in [0.2, 0.25) is 0 Å². The molecule has 2 aromatic carbocycles. The summed E-state index contributed by atoms with van der Waals surface area (Å²) >= 11 is 1.22. The van der Waals surface area contributed by atoms with Crippen molar-refractivity contribution in [1.29, 1.82) is 0 Å². The van der Waals surface area contributed by atoms with Crippen molar-refractivity contribution in [2.45, 2.75) is 0 Å². The van der Waals surface area contributed by atoms with Crippen LogP contribution in [0.3, 0.4) is 0 Å². The van der Waals surface area contributed by atoms with Gasteiger partial charge in [-0.3, -0.25) is 10.1 Å². The molecule has 1 amide bonds. The van der Waals surface area contributed by atoms with Crippen LogP contribution >= 0.6 is 11.3 Å². The van der Waals surface area contributed by atoms with Gasteiger partial charge in [0.05, 0.1) is 19.9 Å². The number of ether oxygens (including phenoxy) is 3. The van der Waals surface area contributed by atoms with Crippen molar-refractivity contribution >= 4 is 28.3 Å². The first kappa shape index (κ1) is 20.3. The van der Waals surface area contributed by atoms with Crippen LogP contribution in [-0.2, 0) is 9.53 Å². The lowest BCUT2D eigenvalue weighted by Crippen LogP contribution is -2.14. The molecule has 9 heteroatoms. The van der Waals surface area contributed by atoms with Crippen LogP contribution in [0.15, 0.2) is 47.8 Å². The lowest BCUT2D eigenvalue weighted by molar-refractivity contribution is -0.142. The number of hydrogen-bond donors (Lipinski definition) is 1. The highest BCUT2D eigenvalue weighted by Crippen LogP contribution is 2.28. The molecule has 0 unspecified atom stereocenters. The van der Waals surface area contributed by atoms with Crippen LogP contribution in [-0.4, -0.2) is 37.7 Å². The number of nitrogens with zero attached hydrogens (tertiary/aromatic N) is 1. The molecule has 1 aromatic heterocycles. The van der Waals surface area contributed by atoms with Crippen LogP contribution in [0, 0.1) is 5.82 Å². The first-order valence-electron chi connectivity index (χ1n) is 8.40. The third-order valence-corrected chi connectivity index (χ3v) is 4.61. The van der Waals surface area contributed by atoms with E-state index < -0.39 is 17.7 Å². The maximum Gasteiger partial charge on any atom is 0.343 e. The van der Waals surface area contributed by atoms with Gasteiger partial charge in [0.2, 0.25) is 0 Å². The molecule has 0 aliphatic carbocycles. The predicted octanol–water partition coefficient (Wildman–Crippen LogP) is 3.76. The smallest absolute Gasteiger partial charge is 0.343 e. The second kappa shape index (κ2) is 9.16. The van der Waals surface area contributed by atoms with E-state index in [1.165, 1.54) is 43.8 Å². The SMILES string of the molecule is COC(=O)COc1cccc(C(=O)Nc2nc(-c3ccc(OC)c(F)c3)cs2)c1. The van der Waals surface area contributed by atoms with Crippen LogP contribution in [0.5, 0.6) is 11.5 Å². The molecule has 3 aromatic rings. The summed E-state index contributed by atoms with van der Waals surface area (Å²) in [6.07, 6.45) is 0. The summed E-state index contributed by atoms with van der Waals surface area (Å²) in [5, 5.41) is 4.77. The number of halogens is 1. The molecule has 0 spiro atoms. The summed E-state index contributed by atoms with van der Waals surface area (Å²) in [4.78, 5) is 28.0. The largest absolute Gasteiger partial charge is 0.494 e. The summed E-state index contributed by atoms with van der Waals surface area (Å²) in [7, 11) is 2.65. The standard InChI is InChI=1S/C20H17FN2O5S/c1-26-17-7-6-12(9-15(17)21)16-11-29-20(22-16)23-19(25)13-4-3-5-14(8-13)28-10-18(24)27-2/h3-9,11H,10H2,1-2H3,(H,22,23,25). The molecule has 1 N–H and O–H groups in total. The number of aromatic nitrogens is 1. The van der Waals surface area contributed by atoms with Crippen LogP contribution < -0.4 is 14.8 Å². The number of hydrogen-bond acceptors (Lipinski definition) is 7. The monoisotopic (exact) mass is 416 g/mol. The van der Waals surface area contributed by atoms with E-state index in [0.717, 1.165) is 0 Å². The minimum absolute atomic E-state index is 0.145. The number of methoxy groups -OCH3 is 2. The van der Waals surface area contributed by atoms with E-state index in [2.05, 4.69) is 15.0 Å². The average Bonchev–Trinajstić information content (AvgIpc) is 3.20. The van der Waals surface area contributed by atoms with Gasteiger partial charge in [0, 0.05) is 16.5 Å². The van der Waals surface area contributed by atoms with Crippen molar-refractivity contribution in [2.75, 3.05) is 26.1 Å². The molecule has 0 atom stereocenters. The highest BCUT2D eigenvalue weighted by Gasteiger charge is 2.13. The van der Waals surface area contributed by atoms with Crippen molar-refractivity contribution < 1.29 is 28.2 Å². The Morgan fingerprint density at radius 3 is 2.72 bits per heavy atom. The second-order valence-corrected chi connectivity index (χ2v) is 6.59. The van der Waals surface area contributed by atoms with Gasteiger partial charge >= 0.3 is 5.97 Å². The Balaban J connectivity index is 1.69. The molecular weight excluding hydrogens is 399 g/mol. The number of carbonyl (C=O) groups is 2. The molecule has 3 rings (SSSR count). The molecule has 7 nitrogen and oxygen atoms in total.